The molecule has 0 atom stereocenters. The van der Waals surface area contributed by atoms with E-state index in [0.717, 1.165) is 29.4 Å². The molecule has 1 fully saturated rings. The maximum Gasteiger partial charge on any atom is 0.184 e. The van der Waals surface area contributed by atoms with Crippen molar-refractivity contribution >= 4 is 26.7 Å². The third-order valence-electron chi connectivity index (χ3n) is 4.08. The Balaban J connectivity index is 1.78. The zero-order valence-corrected chi connectivity index (χ0v) is 13.8. The van der Waals surface area contributed by atoms with Crippen molar-refractivity contribution in [3.05, 3.63) is 17.7 Å². The van der Waals surface area contributed by atoms with Crippen LogP contribution in [0.3, 0.4) is 0 Å². The Kier molecular flexibility index (Phi) is 4.63. The van der Waals surface area contributed by atoms with Crippen LogP contribution in [0, 0.1) is 6.92 Å². The predicted molar refractivity (Wildman–Crippen MR) is 90.6 cm³/mol. The summed E-state index contributed by atoms with van der Waals surface area (Å²) in [5.74, 6) is 0.997. The zero-order chi connectivity index (χ0) is 14.7. The van der Waals surface area contributed by atoms with Gasteiger partial charge in [0.1, 0.15) is 5.75 Å². The molecule has 1 N–H and O–H groups in total. The van der Waals surface area contributed by atoms with Crippen molar-refractivity contribution < 1.29 is 4.74 Å². The summed E-state index contributed by atoms with van der Waals surface area (Å²) < 4.78 is 7.02. The normalized spacial score (nSPS) is 16.3. The number of nitrogens with zero attached hydrogens (tertiary/aromatic N) is 1. The first-order valence-corrected chi connectivity index (χ1v) is 8.88. The first-order valence-electron chi connectivity index (χ1n) is 8.07. The standard InChI is InChI=1S/C17H24N2OS/c1-3-9-20-15-11-16-14(10-12(15)2)19-17(21-16)18-13-7-5-4-6-8-13/h10-11,13H,3-9H2,1-2H3,(H,18,19). The summed E-state index contributed by atoms with van der Waals surface area (Å²) >= 11 is 1.75. The number of thiazole rings is 1. The van der Waals surface area contributed by atoms with Crippen LogP contribution in [0.2, 0.25) is 0 Å². The van der Waals surface area contributed by atoms with Gasteiger partial charge in [-0.1, -0.05) is 37.5 Å². The number of aromatic nitrogens is 1. The molecular formula is C17H24N2OS. The Morgan fingerprint density at radius 1 is 1.29 bits per heavy atom. The van der Waals surface area contributed by atoms with E-state index in [1.54, 1.807) is 11.3 Å². The highest BCUT2D eigenvalue weighted by atomic mass is 32.1. The van der Waals surface area contributed by atoms with Crippen LogP contribution in [0.4, 0.5) is 5.13 Å². The lowest BCUT2D eigenvalue weighted by atomic mass is 9.96. The Morgan fingerprint density at radius 3 is 2.86 bits per heavy atom. The van der Waals surface area contributed by atoms with E-state index < -0.39 is 0 Å². The summed E-state index contributed by atoms with van der Waals surface area (Å²) in [6.07, 6.45) is 7.66. The van der Waals surface area contributed by atoms with Gasteiger partial charge in [-0.3, -0.25) is 0 Å². The van der Waals surface area contributed by atoms with Gasteiger partial charge in [0.2, 0.25) is 0 Å². The molecule has 1 saturated carbocycles. The topological polar surface area (TPSA) is 34.1 Å². The Bertz CT molecular complexity index is 602. The quantitative estimate of drug-likeness (QED) is 0.830. The summed E-state index contributed by atoms with van der Waals surface area (Å²) in [7, 11) is 0. The Morgan fingerprint density at radius 2 is 2.10 bits per heavy atom. The number of nitrogens with one attached hydrogen (secondary N) is 1. The molecule has 1 aliphatic carbocycles. The molecule has 0 radical (unpaired) electrons. The third-order valence-corrected chi connectivity index (χ3v) is 5.03. The molecule has 0 amide bonds. The Hall–Kier alpha value is -1.29. The van der Waals surface area contributed by atoms with E-state index in [1.165, 1.54) is 42.4 Å². The summed E-state index contributed by atoms with van der Waals surface area (Å²) in [5.41, 5.74) is 2.25. The smallest absolute Gasteiger partial charge is 0.184 e. The van der Waals surface area contributed by atoms with Gasteiger partial charge in [-0.05, 0) is 43.9 Å². The van der Waals surface area contributed by atoms with Crippen molar-refractivity contribution in [2.45, 2.75) is 58.4 Å². The molecule has 114 valence electrons. The Labute approximate surface area is 130 Å². The number of fused-ring (bicyclic) bond motifs is 1. The molecule has 2 aromatic rings. The third kappa shape index (κ3) is 3.49. The van der Waals surface area contributed by atoms with E-state index in [4.69, 9.17) is 9.72 Å². The van der Waals surface area contributed by atoms with E-state index in [1.807, 2.05) is 0 Å². The van der Waals surface area contributed by atoms with Crippen LogP contribution >= 0.6 is 11.3 Å². The van der Waals surface area contributed by atoms with Crippen LogP contribution in [0.5, 0.6) is 5.75 Å². The number of hydrogen-bond acceptors (Lipinski definition) is 4. The van der Waals surface area contributed by atoms with Crippen molar-refractivity contribution in [1.29, 1.82) is 0 Å². The van der Waals surface area contributed by atoms with E-state index in [0.29, 0.717) is 6.04 Å². The average molecular weight is 304 g/mol. The van der Waals surface area contributed by atoms with E-state index in [9.17, 15) is 0 Å². The maximum absolute atomic E-state index is 5.81. The fourth-order valence-corrected chi connectivity index (χ4v) is 3.86. The lowest BCUT2D eigenvalue weighted by molar-refractivity contribution is 0.316. The van der Waals surface area contributed by atoms with Gasteiger partial charge >= 0.3 is 0 Å². The fourth-order valence-electron chi connectivity index (χ4n) is 2.91. The van der Waals surface area contributed by atoms with Gasteiger partial charge in [0.15, 0.2) is 5.13 Å². The van der Waals surface area contributed by atoms with Crippen LogP contribution in [-0.4, -0.2) is 17.6 Å². The van der Waals surface area contributed by atoms with Gasteiger partial charge in [-0.15, -0.1) is 0 Å². The van der Waals surface area contributed by atoms with Crippen LogP contribution in [-0.2, 0) is 0 Å². The summed E-state index contributed by atoms with van der Waals surface area (Å²) in [6.45, 7) is 5.00. The van der Waals surface area contributed by atoms with E-state index in [2.05, 4.69) is 31.3 Å². The van der Waals surface area contributed by atoms with Crippen molar-refractivity contribution in [1.82, 2.24) is 4.98 Å². The number of rotatable bonds is 5. The number of hydrogen-bond donors (Lipinski definition) is 1. The summed E-state index contributed by atoms with van der Waals surface area (Å²) in [6, 6.07) is 4.89. The highest BCUT2D eigenvalue weighted by molar-refractivity contribution is 7.22. The highest BCUT2D eigenvalue weighted by Gasteiger charge is 2.15. The second kappa shape index (κ2) is 6.65. The number of anilines is 1. The minimum atomic E-state index is 0.608. The van der Waals surface area contributed by atoms with Crippen molar-refractivity contribution in [3.63, 3.8) is 0 Å². The molecule has 0 spiro atoms. The molecule has 0 aliphatic heterocycles. The molecule has 21 heavy (non-hydrogen) atoms. The molecule has 1 heterocycles. The molecule has 1 aliphatic rings. The van der Waals surface area contributed by atoms with Gasteiger partial charge < -0.3 is 10.1 Å². The molecule has 1 aromatic heterocycles. The molecule has 4 heteroatoms. The molecule has 3 nitrogen and oxygen atoms in total. The van der Waals surface area contributed by atoms with Crippen LogP contribution in [0.1, 0.15) is 51.0 Å². The van der Waals surface area contributed by atoms with E-state index >= 15 is 0 Å². The van der Waals surface area contributed by atoms with Crippen LogP contribution < -0.4 is 10.1 Å². The predicted octanol–water partition coefficient (Wildman–Crippen LogP) is 5.14. The van der Waals surface area contributed by atoms with Gasteiger partial charge in [0, 0.05) is 6.04 Å². The maximum atomic E-state index is 5.81. The molecule has 3 rings (SSSR count). The highest BCUT2D eigenvalue weighted by Crippen LogP contribution is 2.33. The van der Waals surface area contributed by atoms with Gasteiger partial charge in [-0.25, -0.2) is 4.98 Å². The minimum Gasteiger partial charge on any atom is -0.493 e. The largest absolute Gasteiger partial charge is 0.493 e. The number of aryl methyl sites for hydroxylation is 1. The molecule has 0 unspecified atom stereocenters. The SMILES string of the molecule is CCCOc1cc2sc(NC3CCCCC3)nc2cc1C. The van der Waals surface area contributed by atoms with Crippen LogP contribution in [0.15, 0.2) is 12.1 Å². The molecule has 0 saturated heterocycles. The summed E-state index contributed by atoms with van der Waals surface area (Å²) in [4.78, 5) is 4.74. The molecular weight excluding hydrogens is 280 g/mol. The van der Waals surface area contributed by atoms with Crippen LogP contribution in [0.25, 0.3) is 10.2 Å². The second-order valence-electron chi connectivity index (χ2n) is 5.93. The van der Waals surface area contributed by atoms with Gasteiger partial charge in [0.05, 0.1) is 16.8 Å². The molecule has 0 bridgehead atoms. The van der Waals surface area contributed by atoms with Gasteiger partial charge in [0.25, 0.3) is 0 Å². The van der Waals surface area contributed by atoms with Crippen molar-refractivity contribution in [2.75, 3.05) is 11.9 Å². The monoisotopic (exact) mass is 304 g/mol. The zero-order valence-electron chi connectivity index (χ0n) is 12.9. The minimum absolute atomic E-state index is 0.608. The first-order chi connectivity index (χ1) is 10.3. The molecule has 1 aromatic carbocycles. The second-order valence-corrected chi connectivity index (χ2v) is 6.96. The number of ether oxygens (including phenoxy) is 1. The lowest BCUT2D eigenvalue weighted by Gasteiger charge is -2.22. The van der Waals surface area contributed by atoms with Crippen molar-refractivity contribution in [2.24, 2.45) is 0 Å². The fraction of sp³-hybridized carbons (Fsp3) is 0.588. The first kappa shape index (κ1) is 14.6. The number of benzene rings is 1. The lowest BCUT2D eigenvalue weighted by Crippen LogP contribution is -2.21. The summed E-state index contributed by atoms with van der Waals surface area (Å²) in [5, 5.41) is 4.68. The van der Waals surface area contributed by atoms with Gasteiger partial charge in [-0.2, -0.15) is 0 Å². The van der Waals surface area contributed by atoms with E-state index in [-0.39, 0.29) is 0 Å². The van der Waals surface area contributed by atoms with Crippen molar-refractivity contribution in [3.8, 4) is 5.75 Å². The average Bonchev–Trinajstić information content (AvgIpc) is 2.87.